The quantitative estimate of drug-likeness (QED) is 0.720. The Morgan fingerprint density at radius 3 is 2.76 bits per heavy atom. The molecule has 0 aromatic carbocycles. The average Bonchev–Trinajstić information content (AvgIpc) is 2.72. The summed E-state index contributed by atoms with van der Waals surface area (Å²) in [6.45, 7) is 7.29. The first-order valence-electron chi connectivity index (χ1n) is 6.17. The van der Waals surface area contributed by atoms with Gasteiger partial charge >= 0.3 is 6.09 Å². The van der Waals surface area contributed by atoms with Crippen molar-refractivity contribution < 1.29 is 9.53 Å². The summed E-state index contributed by atoms with van der Waals surface area (Å²) in [5, 5.41) is 0. The van der Waals surface area contributed by atoms with Crippen molar-refractivity contribution in [1.29, 1.82) is 0 Å². The zero-order chi connectivity index (χ0) is 12.7. The number of nitrogens with two attached hydrogens (primary N) is 1. The molecule has 2 unspecified atom stereocenters. The zero-order valence-electron chi connectivity index (χ0n) is 10.9. The molecule has 17 heavy (non-hydrogen) atoms. The summed E-state index contributed by atoms with van der Waals surface area (Å²) in [5.74, 6) is 1.02. The summed E-state index contributed by atoms with van der Waals surface area (Å²) in [6, 6.07) is 0.290. The Morgan fingerprint density at radius 1 is 1.53 bits per heavy atom. The summed E-state index contributed by atoms with van der Waals surface area (Å²) >= 11 is 1.93. The van der Waals surface area contributed by atoms with Crippen LogP contribution in [0.3, 0.4) is 0 Å². The maximum atomic E-state index is 11.9. The standard InChI is InChI=1S/C12H22N2O2S/c1-11(2,3)16-10(15)14-5-4-12(8-14)6-9(13)7-17-12/h9H,4-8,13H2,1-3H3. The summed E-state index contributed by atoms with van der Waals surface area (Å²) in [5.41, 5.74) is 5.55. The number of hydrogen-bond donors (Lipinski definition) is 1. The predicted octanol–water partition coefficient (Wildman–Crippen LogP) is 1.83. The zero-order valence-corrected chi connectivity index (χ0v) is 11.7. The number of likely N-dealkylation sites (tertiary alicyclic amines) is 1. The summed E-state index contributed by atoms with van der Waals surface area (Å²) in [7, 11) is 0. The van der Waals surface area contributed by atoms with Gasteiger partial charge in [-0.05, 0) is 33.6 Å². The van der Waals surface area contributed by atoms with Crippen molar-refractivity contribution in [2.45, 2.75) is 50.0 Å². The van der Waals surface area contributed by atoms with Gasteiger partial charge in [-0.25, -0.2) is 4.79 Å². The number of carbonyl (C=O) groups excluding carboxylic acids is 1. The Labute approximate surface area is 107 Å². The van der Waals surface area contributed by atoms with E-state index in [-0.39, 0.29) is 10.8 Å². The lowest BCUT2D eigenvalue weighted by molar-refractivity contribution is 0.0290. The van der Waals surface area contributed by atoms with Crippen LogP contribution >= 0.6 is 11.8 Å². The molecule has 0 radical (unpaired) electrons. The molecule has 2 aliphatic heterocycles. The van der Waals surface area contributed by atoms with E-state index in [9.17, 15) is 4.79 Å². The third-order valence-electron chi connectivity index (χ3n) is 3.21. The van der Waals surface area contributed by atoms with E-state index in [0.717, 1.165) is 31.7 Å². The minimum Gasteiger partial charge on any atom is -0.444 e. The second kappa shape index (κ2) is 4.35. The lowest BCUT2D eigenvalue weighted by Gasteiger charge is -2.26. The lowest BCUT2D eigenvalue weighted by Crippen LogP contribution is -2.38. The van der Waals surface area contributed by atoms with Crippen LogP contribution in [0.5, 0.6) is 0 Å². The summed E-state index contributed by atoms with van der Waals surface area (Å²) < 4.78 is 5.60. The van der Waals surface area contributed by atoms with Crippen molar-refractivity contribution in [2.24, 2.45) is 5.73 Å². The van der Waals surface area contributed by atoms with E-state index in [1.807, 2.05) is 37.4 Å². The van der Waals surface area contributed by atoms with E-state index in [2.05, 4.69) is 0 Å². The molecule has 5 heteroatoms. The molecule has 0 aromatic heterocycles. The number of hydrogen-bond acceptors (Lipinski definition) is 4. The molecule has 98 valence electrons. The molecule has 2 rings (SSSR count). The van der Waals surface area contributed by atoms with Crippen molar-refractivity contribution in [1.82, 2.24) is 4.90 Å². The number of carbonyl (C=O) groups is 1. The highest BCUT2D eigenvalue weighted by Crippen LogP contribution is 2.44. The molecule has 1 spiro atoms. The molecule has 0 aliphatic carbocycles. The van der Waals surface area contributed by atoms with Gasteiger partial charge in [-0.1, -0.05) is 0 Å². The predicted molar refractivity (Wildman–Crippen MR) is 70.2 cm³/mol. The van der Waals surface area contributed by atoms with E-state index in [1.165, 1.54) is 0 Å². The summed E-state index contributed by atoms with van der Waals surface area (Å²) in [6.07, 6.45) is 1.89. The Balaban J connectivity index is 1.92. The second-order valence-electron chi connectivity index (χ2n) is 6.11. The maximum absolute atomic E-state index is 11.9. The first kappa shape index (κ1) is 13.0. The Bertz CT molecular complexity index is 316. The van der Waals surface area contributed by atoms with Crippen LogP contribution in [0.2, 0.25) is 0 Å². The molecule has 2 saturated heterocycles. The fourth-order valence-electron chi connectivity index (χ4n) is 2.49. The van der Waals surface area contributed by atoms with Crippen molar-refractivity contribution in [3.05, 3.63) is 0 Å². The highest BCUT2D eigenvalue weighted by molar-refractivity contribution is 8.01. The maximum Gasteiger partial charge on any atom is 0.410 e. The SMILES string of the molecule is CC(C)(C)OC(=O)N1CCC2(CC(N)CS2)C1. The van der Waals surface area contributed by atoms with E-state index in [0.29, 0.717) is 6.04 Å². The first-order valence-corrected chi connectivity index (χ1v) is 7.16. The van der Waals surface area contributed by atoms with Gasteiger partial charge in [0.25, 0.3) is 0 Å². The second-order valence-corrected chi connectivity index (χ2v) is 7.60. The molecule has 2 aliphatic rings. The van der Waals surface area contributed by atoms with E-state index < -0.39 is 5.60 Å². The van der Waals surface area contributed by atoms with Gasteiger partial charge in [0, 0.05) is 29.6 Å². The molecule has 4 nitrogen and oxygen atoms in total. The molecule has 2 atom stereocenters. The Hall–Kier alpha value is -0.420. The number of rotatable bonds is 0. The van der Waals surface area contributed by atoms with Crippen molar-refractivity contribution in [2.75, 3.05) is 18.8 Å². The van der Waals surface area contributed by atoms with Crippen LogP contribution < -0.4 is 5.73 Å². The fraction of sp³-hybridized carbons (Fsp3) is 0.917. The van der Waals surface area contributed by atoms with Crippen molar-refractivity contribution in [3.8, 4) is 0 Å². The van der Waals surface area contributed by atoms with Crippen LogP contribution in [0.15, 0.2) is 0 Å². The van der Waals surface area contributed by atoms with Crippen LogP contribution in [-0.2, 0) is 4.74 Å². The number of nitrogens with zero attached hydrogens (tertiary/aromatic N) is 1. The van der Waals surface area contributed by atoms with E-state index in [1.54, 1.807) is 0 Å². The van der Waals surface area contributed by atoms with Crippen LogP contribution in [0.25, 0.3) is 0 Å². The average molecular weight is 258 g/mol. The van der Waals surface area contributed by atoms with Gasteiger partial charge in [-0.15, -0.1) is 0 Å². The van der Waals surface area contributed by atoms with Crippen LogP contribution in [0, 0.1) is 0 Å². The topological polar surface area (TPSA) is 55.6 Å². The first-order chi connectivity index (χ1) is 7.80. The largest absolute Gasteiger partial charge is 0.444 e. The van der Waals surface area contributed by atoms with Gasteiger partial charge in [-0.2, -0.15) is 11.8 Å². The third-order valence-corrected chi connectivity index (χ3v) is 4.91. The Morgan fingerprint density at radius 2 is 2.24 bits per heavy atom. The molecule has 2 N–H and O–H groups in total. The van der Waals surface area contributed by atoms with Crippen LogP contribution in [0.4, 0.5) is 4.79 Å². The highest BCUT2D eigenvalue weighted by Gasteiger charge is 2.45. The molecule has 1 amide bonds. The lowest BCUT2D eigenvalue weighted by atomic mass is 10.0. The smallest absolute Gasteiger partial charge is 0.410 e. The molecular formula is C12H22N2O2S. The van der Waals surface area contributed by atoms with Gasteiger partial charge in [0.15, 0.2) is 0 Å². The normalized spacial score (nSPS) is 33.4. The molecule has 0 bridgehead atoms. The van der Waals surface area contributed by atoms with Gasteiger partial charge < -0.3 is 15.4 Å². The highest BCUT2D eigenvalue weighted by atomic mass is 32.2. The van der Waals surface area contributed by atoms with Gasteiger partial charge in [-0.3, -0.25) is 0 Å². The Kier molecular flexibility index (Phi) is 3.34. The van der Waals surface area contributed by atoms with Crippen molar-refractivity contribution >= 4 is 17.9 Å². The van der Waals surface area contributed by atoms with E-state index >= 15 is 0 Å². The fourth-order valence-corrected chi connectivity index (χ4v) is 3.99. The van der Waals surface area contributed by atoms with Gasteiger partial charge in [0.1, 0.15) is 5.60 Å². The monoisotopic (exact) mass is 258 g/mol. The summed E-state index contributed by atoms with van der Waals surface area (Å²) in [4.78, 5) is 13.8. The van der Waals surface area contributed by atoms with E-state index in [4.69, 9.17) is 10.5 Å². The van der Waals surface area contributed by atoms with Gasteiger partial charge in [0.05, 0.1) is 0 Å². The molecule has 0 saturated carbocycles. The third kappa shape index (κ3) is 3.07. The molecular weight excluding hydrogens is 236 g/mol. The van der Waals surface area contributed by atoms with Crippen molar-refractivity contribution in [3.63, 3.8) is 0 Å². The molecule has 0 aromatic rings. The molecule has 2 heterocycles. The number of ether oxygens (including phenoxy) is 1. The number of thioether (sulfide) groups is 1. The minimum absolute atomic E-state index is 0.185. The van der Waals surface area contributed by atoms with Gasteiger partial charge in [0.2, 0.25) is 0 Å². The van der Waals surface area contributed by atoms with Crippen LogP contribution in [0.1, 0.15) is 33.6 Å². The number of amides is 1. The van der Waals surface area contributed by atoms with Crippen LogP contribution in [-0.4, -0.2) is 46.2 Å². The minimum atomic E-state index is -0.411. The molecule has 2 fully saturated rings.